The van der Waals surface area contributed by atoms with Gasteiger partial charge in [0.2, 0.25) is 5.76 Å². The summed E-state index contributed by atoms with van der Waals surface area (Å²) in [5.41, 5.74) is -2.68. The number of ether oxygens (including phenoxy) is 1. The lowest BCUT2D eigenvalue weighted by Gasteiger charge is -2.13. The summed E-state index contributed by atoms with van der Waals surface area (Å²) in [5.74, 6) is -3.19. The molecule has 1 aromatic carbocycles. The zero-order valence-corrected chi connectivity index (χ0v) is 15.8. The topological polar surface area (TPSA) is 86.4 Å². The first-order valence-corrected chi connectivity index (χ1v) is 8.54. The second kappa shape index (κ2) is 8.19. The normalized spacial score (nSPS) is 11.4. The van der Waals surface area contributed by atoms with Gasteiger partial charge in [0.25, 0.3) is 5.91 Å². The molecule has 0 spiro atoms. The molecule has 0 radical (unpaired) electrons. The molecular formula is C18H12ClF4N3O4. The van der Waals surface area contributed by atoms with Crippen LogP contribution in [0.3, 0.4) is 0 Å². The molecule has 0 aliphatic carbocycles. The van der Waals surface area contributed by atoms with Gasteiger partial charge in [0.15, 0.2) is 5.82 Å². The fourth-order valence-electron chi connectivity index (χ4n) is 2.55. The third kappa shape index (κ3) is 4.46. The van der Waals surface area contributed by atoms with Crippen molar-refractivity contribution in [1.82, 2.24) is 9.78 Å². The fraction of sp³-hybridized carbons (Fsp3) is 0.167. The molecular weight excluding hydrogens is 434 g/mol. The van der Waals surface area contributed by atoms with Crippen LogP contribution < -0.4 is 5.32 Å². The number of hydrogen-bond acceptors (Lipinski definition) is 5. The molecule has 2 aromatic heterocycles. The van der Waals surface area contributed by atoms with Crippen molar-refractivity contribution >= 4 is 29.2 Å². The van der Waals surface area contributed by atoms with E-state index in [0.29, 0.717) is 11.8 Å². The van der Waals surface area contributed by atoms with Crippen molar-refractivity contribution in [2.24, 2.45) is 0 Å². The summed E-state index contributed by atoms with van der Waals surface area (Å²) in [6, 6.07) is 4.15. The molecule has 3 aromatic rings. The number of esters is 1. The van der Waals surface area contributed by atoms with Crippen LogP contribution >= 0.6 is 11.6 Å². The van der Waals surface area contributed by atoms with Crippen molar-refractivity contribution in [2.75, 3.05) is 12.4 Å². The quantitative estimate of drug-likeness (QED) is 0.465. The van der Waals surface area contributed by atoms with E-state index in [9.17, 15) is 27.2 Å². The van der Waals surface area contributed by atoms with Gasteiger partial charge in [0.1, 0.15) is 5.76 Å². The highest BCUT2D eigenvalue weighted by molar-refractivity contribution is 6.31. The molecule has 0 saturated heterocycles. The molecule has 2 heterocycles. The van der Waals surface area contributed by atoms with E-state index in [1.165, 1.54) is 30.1 Å². The molecule has 30 heavy (non-hydrogen) atoms. The molecule has 12 heteroatoms. The van der Waals surface area contributed by atoms with Gasteiger partial charge in [-0.1, -0.05) is 11.6 Å². The van der Waals surface area contributed by atoms with Crippen molar-refractivity contribution in [1.29, 1.82) is 0 Å². The highest BCUT2D eigenvalue weighted by Gasteiger charge is 2.37. The summed E-state index contributed by atoms with van der Waals surface area (Å²) in [6.07, 6.45) is -2.52. The van der Waals surface area contributed by atoms with Crippen molar-refractivity contribution in [3.63, 3.8) is 0 Å². The first-order valence-electron chi connectivity index (χ1n) is 8.16. The highest BCUT2D eigenvalue weighted by Crippen LogP contribution is 2.35. The molecule has 0 aliphatic rings. The van der Waals surface area contributed by atoms with Crippen LogP contribution in [-0.4, -0.2) is 28.8 Å². The van der Waals surface area contributed by atoms with Crippen molar-refractivity contribution < 1.29 is 36.3 Å². The maximum Gasteiger partial charge on any atom is 0.417 e. The Morgan fingerprint density at radius 3 is 2.67 bits per heavy atom. The Morgan fingerprint density at radius 2 is 2.00 bits per heavy atom. The molecule has 0 aliphatic heterocycles. The van der Waals surface area contributed by atoms with E-state index < -0.39 is 40.0 Å². The van der Waals surface area contributed by atoms with Crippen LogP contribution in [0.5, 0.6) is 0 Å². The smallest absolute Gasteiger partial charge is 0.417 e. The summed E-state index contributed by atoms with van der Waals surface area (Å²) < 4.78 is 64.7. The van der Waals surface area contributed by atoms with E-state index in [0.717, 1.165) is 12.3 Å². The lowest BCUT2D eigenvalue weighted by molar-refractivity contribution is -0.138. The predicted octanol–water partition coefficient (Wildman–Crippen LogP) is 4.37. The van der Waals surface area contributed by atoms with Crippen LogP contribution in [0.2, 0.25) is 5.02 Å². The molecule has 3 rings (SSSR count). The zero-order valence-electron chi connectivity index (χ0n) is 15.1. The van der Waals surface area contributed by atoms with E-state index in [-0.39, 0.29) is 18.0 Å². The summed E-state index contributed by atoms with van der Waals surface area (Å²) in [4.78, 5) is 23.7. The fourth-order valence-corrected chi connectivity index (χ4v) is 2.71. The first kappa shape index (κ1) is 21.4. The molecule has 0 bridgehead atoms. The number of methoxy groups -OCH3 is 1. The van der Waals surface area contributed by atoms with Crippen LogP contribution in [0.1, 0.15) is 32.2 Å². The summed E-state index contributed by atoms with van der Waals surface area (Å²) in [6.45, 7) is 0.0478. The molecule has 7 nitrogen and oxygen atoms in total. The van der Waals surface area contributed by atoms with Gasteiger partial charge in [-0.25, -0.2) is 9.18 Å². The van der Waals surface area contributed by atoms with Gasteiger partial charge in [-0.2, -0.15) is 18.3 Å². The Hall–Kier alpha value is -3.34. The van der Waals surface area contributed by atoms with Gasteiger partial charge in [0, 0.05) is 6.20 Å². The van der Waals surface area contributed by atoms with Crippen LogP contribution in [0.4, 0.5) is 23.2 Å². The average Bonchev–Trinajstić information content (AvgIpc) is 3.32. The Bertz CT molecular complexity index is 1110. The third-order valence-electron chi connectivity index (χ3n) is 3.88. The Morgan fingerprint density at radius 1 is 1.27 bits per heavy atom. The monoisotopic (exact) mass is 445 g/mol. The number of nitrogens with one attached hydrogen (secondary N) is 1. The number of anilines is 1. The van der Waals surface area contributed by atoms with Gasteiger partial charge >= 0.3 is 12.1 Å². The number of alkyl halides is 3. The largest absolute Gasteiger partial charge is 0.463 e. The number of aromatic nitrogens is 2. The van der Waals surface area contributed by atoms with Crippen molar-refractivity contribution in [3.05, 3.63) is 70.1 Å². The van der Waals surface area contributed by atoms with E-state index in [1.807, 2.05) is 0 Å². The van der Waals surface area contributed by atoms with Crippen LogP contribution in [-0.2, 0) is 17.5 Å². The minimum absolute atomic E-state index is 0.00671. The summed E-state index contributed by atoms with van der Waals surface area (Å²) in [5, 5.41) is 5.46. The minimum atomic E-state index is -4.96. The molecule has 1 N–H and O–H groups in total. The number of amides is 1. The molecule has 0 unspecified atom stereocenters. The standard InChI is InChI=1S/C18H12ClF4N3O4/c1-29-17(28)13-5-2-10(30-13)8-26-7-9(6-24-26)25-16(27)14-11(18(21,22)23)3-4-12(19)15(14)20/h2-7H,8H2,1H3,(H,25,27). The van der Waals surface area contributed by atoms with Crippen LogP contribution in [0.25, 0.3) is 0 Å². The number of halogens is 5. The maximum atomic E-state index is 14.2. The van der Waals surface area contributed by atoms with E-state index in [1.54, 1.807) is 0 Å². The highest BCUT2D eigenvalue weighted by atomic mass is 35.5. The SMILES string of the molecule is COC(=O)c1ccc(Cn2cc(NC(=O)c3c(C(F)(F)F)ccc(Cl)c3F)cn2)o1. The van der Waals surface area contributed by atoms with Gasteiger partial charge in [-0.3, -0.25) is 9.48 Å². The lowest BCUT2D eigenvalue weighted by Crippen LogP contribution is -2.20. The Balaban J connectivity index is 1.78. The van der Waals surface area contributed by atoms with E-state index in [2.05, 4.69) is 15.2 Å². The molecule has 0 fully saturated rings. The number of hydrogen-bond donors (Lipinski definition) is 1. The first-order chi connectivity index (χ1) is 14.1. The van der Waals surface area contributed by atoms with Gasteiger partial charge < -0.3 is 14.5 Å². The molecule has 1 amide bonds. The van der Waals surface area contributed by atoms with Crippen LogP contribution in [0, 0.1) is 5.82 Å². The summed E-state index contributed by atoms with van der Waals surface area (Å²) >= 11 is 5.53. The number of nitrogens with zero attached hydrogens (tertiary/aromatic N) is 2. The number of furan rings is 1. The van der Waals surface area contributed by atoms with Gasteiger partial charge in [0.05, 0.1) is 41.7 Å². The third-order valence-corrected chi connectivity index (χ3v) is 4.18. The maximum absolute atomic E-state index is 14.2. The second-order valence-electron chi connectivity index (χ2n) is 5.92. The number of benzene rings is 1. The molecule has 158 valence electrons. The Kier molecular flexibility index (Phi) is 5.83. The van der Waals surface area contributed by atoms with E-state index in [4.69, 9.17) is 16.0 Å². The molecule has 0 saturated carbocycles. The lowest BCUT2D eigenvalue weighted by atomic mass is 10.1. The number of carbonyl (C=O) groups excluding carboxylic acids is 2. The predicted molar refractivity (Wildman–Crippen MR) is 95.7 cm³/mol. The number of rotatable bonds is 5. The van der Waals surface area contributed by atoms with Gasteiger partial charge in [-0.05, 0) is 24.3 Å². The van der Waals surface area contributed by atoms with Gasteiger partial charge in [-0.15, -0.1) is 0 Å². The number of carbonyl (C=O) groups is 2. The van der Waals surface area contributed by atoms with Crippen molar-refractivity contribution in [2.45, 2.75) is 12.7 Å². The Labute approximate surface area is 171 Å². The summed E-state index contributed by atoms with van der Waals surface area (Å²) in [7, 11) is 1.19. The van der Waals surface area contributed by atoms with E-state index >= 15 is 0 Å². The molecule has 0 atom stereocenters. The van der Waals surface area contributed by atoms with Crippen LogP contribution in [0.15, 0.2) is 41.1 Å². The van der Waals surface area contributed by atoms with Crippen molar-refractivity contribution in [3.8, 4) is 0 Å². The minimum Gasteiger partial charge on any atom is -0.463 e. The zero-order chi connectivity index (χ0) is 22.1. The second-order valence-corrected chi connectivity index (χ2v) is 6.33. The average molecular weight is 446 g/mol.